The second-order valence-electron chi connectivity index (χ2n) is 15.0. The second kappa shape index (κ2) is 14.8. The number of aromatic hydroxyl groups is 1. The van der Waals surface area contributed by atoms with E-state index in [4.69, 9.17) is 14.5 Å². The fourth-order valence-electron chi connectivity index (χ4n) is 9.26. The number of cyclic esters (lactones) is 1. The lowest BCUT2D eigenvalue weighted by atomic mass is 9.65. The van der Waals surface area contributed by atoms with E-state index >= 15 is 14.4 Å². The second-order valence-corrected chi connectivity index (χ2v) is 16.1. The molecule has 6 aromatic carbocycles. The minimum absolute atomic E-state index is 0.0275. The van der Waals surface area contributed by atoms with E-state index in [9.17, 15) is 5.11 Å². The van der Waals surface area contributed by atoms with Crippen LogP contribution in [0.15, 0.2) is 152 Å². The van der Waals surface area contributed by atoms with E-state index in [-0.39, 0.29) is 5.75 Å². The number of benzene rings is 6. The lowest BCUT2D eigenvalue weighted by Gasteiger charge is -2.46. The number of carbonyl (C=O) groups excluding carboxylic acids is 3. The fraction of sp³-hybridized carbons (Fsp3) is 0.143. The number of anilines is 2. The van der Waals surface area contributed by atoms with E-state index in [1.54, 1.807) is 37.4 Å². The Hall–Kier alpha value is -7.26. The molecule has 0 bridgehead atoms. The third-order valence-electron chi connectivity index (χ3n) is 11.8. The summed E-state index contributed by atoms with van der Waals surface area (Å²) in [5.74, 6) is 4.22. The summed E-state index contributed by atoms with van der Waals surface area (Å²) in [6.07, 6.45) is -0.814. The number of carbonyl (C=O) groups is 3. The van der Waals surface area contributed by atoms with Gasteiger partial charge in [-0.15, -0.1) is 0 Å². The number of nitrogens with zero attached hydrogens (tertiary/aromatic N) is 2. The molecule has 1 spiro atoms. The average Bonchev–Trinajstić information content (AvgIpc) is 3.93. The van der Waals surface area contributed by atoms with Crippen LogP contribution >= 0.6 is 11.3 Å². The van der Waals surface area contributed by atoms with Crippen LogP contribution in [0.1, 0.15) is 51.6 Å². The van der Waals surface area contributed by atoms with Crippen molar-refractivity contribution >= 4 is 50.2 Å². The number of morpholine rings is 1. The quantitative estimate of drug-likeness (QED) is 0.113. The minimum atomic E-state index is -1.73. The zero-order valence-corrected chi connectivity index (χ0v) is 32.9. The van der Waals surface area contributed by atoms with Crippen molar-refractivity contribution in [3.8, 4) is 23.3 Å². The Bertz CT molecular complexity index is 2820. The van der Waals surface area contributed by atoms with Gasteiger partial charge >= 0.3 is 5.97 Å². The molecule has 0 saturated carbocycles. The number of phenols is 1. The lowest BCUT2D eigenvalue weighted by Crippen LogP contribution is -2.53. The summed E-state index contributed by atoms with van der Waals surface area (Å²) < 4.78 is 12.7. The molecule has 7 aromatic rings. The first-order valence-corrected chi connectivity index (χ1v) is 20.3. The Morgan fingerprint density at radius 3 is 2.18 bits per heavy atom. The molecule has 3 N–H and O–H groups in total. The first-order valence-electron chi connectivity index (χ1n) is 19.5. The van der Waals surface area contributed by atoms with Crippen molar-refractivity contribution < 1.29 is 29.0 Å². The van der Waals surface area contributed by atoms with Crippen LogP contribution in [-0.2, 0) is 24.5 Å². The number of methoxy groups -OCH3 is 1. The van der Waals surface area contributed by atoms with E-state index in [1.807, 2.05) is 126 Å². The predicted octanol–water partition coefficient (Wildman–Crippen LogP) is 8.32. The molecule has 0 radical (unpaired) electrons. The molecule has 11 heteroatoms. The first-order chi connectivity index (χ1) is 29.3. The number of rotatable bonds is 6. The van der Waals surface area contributed by atoms with Gasteiger partial charge in [-0.25, -0.2) is 4.98 Å². The highest BCUT2D eigenvalue weighted by Gasteiger charge is 2.74. The maximum absolute atomic E-state index is 15.4. The van der Waals surface area contributed by atoms with Crippen LogP contribution in [0.2, 0.25) is 0 Å². The van der Waals surface area contributed by atoms with Crippen LogP contribution in [0.3, 0.4) is 0 Å². The Labute approximate surface area is 349 Å². The molecule has 2 amide bonds. The van der Waals surface area contributed by atoms with Gasteiger partial charge in [0.25, 0.3) is 0 Å². The molecule has 0 unspecified atom stereocenters. The Morgan fingerprint density at radius 2 is 1.47 bits per heavy atom. The number of esters is 1. The minimum Gasteiger partial charge on any atom is -0.508 e. The molecular formula is C49H36N4O6S. The highest BCUT2D eigenvalue weighted by molar-refractivity contribution is 7.22. The van der Waals surface area contributed by atoms with Crippen molar-refractivity contribution in [3.05, 3.63) is 185 Å². The molecule has 60 heavy (non-hydrogen) atoms. The van der Waals surface area contributed by atoms with Gasteiger partial charge in [0.15, 0.2) is 5.13 Å². The van der Waals surface area contributed by atoms with E-state index < -0.39 is 53.3 Å². The van der Waals surface area contributed by atoms with Gasteiger partial charge in [0, 0.05) is 16.8 Å². The topological polar surface area (TPSA) is 130 Å². The van der Waals surface area contributed by atoms with E-state index in [0.29, 0.717) is 38.8 Å². The summed E-state index contributed by atoms with van der Waals surface area (Å²) in [7, 11) is 1.60. The lowest BCUT2D eigenvalue weighted by molar-refractivity contribution is -0.177. The summed E-state index contributed by atoms with van der Waals surface area (Å²) >= 11 is 1.31. The summed E-state index contributed by atoms with van der Waals surface area (Å²) in [5, 5.41) is 17.1. The fourth-order valence-corrected chi connectivity index (χ4v) is 10.1. The number of aromatic nitrogens is 1. The van der Waals surface area contributed by atoms with Crippen molar-refractivity contribution in [2.45, 2.75) is 29.6 Å². The van der Waals surface area contributed by atoms with Gasteiger partial charge in [0.2, 0.25) is 11.8 Å². The smallest absolute Gasteiger partial charge is 0.324 e. The van der Waals surface area contributed by atoms with Crippen LogP contribution in [0.25, 0.3) is 10.2 Å². The van der Waals surface area contributed by atoms with Crippen molar-refractivity contribution in [1.82, 2.24) is 9.88 Å². The van der Waals surface area contributed by atoms with Crippen LogP contribution in [0.4, 0.5) is 10.8 Å². The molecule has 4 heterocycles. The number of hydrogen-bond donors (Lipinski definition) is 3. The van der Waals surface area contributed by atoms with E-state index in [0.717, 1.165) is 21.4 Å². The number of amides is 2. The number of para-hydroxylation sites is 1. The summed E-state index contributed by atoms with van der Waals surface area (Å²) in [5.41, 5.74) is 3.55. The predicted molar refractivity (Wildman–Crippen MR) is 228 cm³/mol. The summed E-state index contributed by atoms with van der Waals surface area (Å²) in [6, 6.07) is 43.4. The van der Waals surface area contributed by atoms with E-state index in [2.05, 4.69) is 22.5 Å². The monoisotopic (exact) mass is 808 g/mol. The number of nitrogens with one attached hydrogen (secondary N) is 2. The van der Waals surface area contributed by atoms with Gasteiger partial charge in [0.05, 0.1) is 35.3 Å². The van der Waals surface area contributed by atoms with Gasteiger partial charge < -0.3 is 25.2 Å². The highest BCUT2D eigenvalue weighted by Crippen LogP contribution is 2.65. The van der Waals surface area contributed by atoms with Crippen molar-refractivity contribution in [2.24, 2.45) is 5.92 Å². The molecule has 294 valence electrons. The molecule has 1 aromatic heterocycles. The molecule has 2 fully saturated rings. The molecule has 0 aliphatic carbocycles. The van der Waals surface area contributed by atoms with Crippen LogP contribution in [0.5, 0.6) is 11.5 Å². The van der Waals surface area contributed by atoms with E-state index in [1.165, 1.54) is 11.3 Å². The van der Waals surface area contributed by atoms with Gasteiger partial charge in [-0.2, -0.15) is 0 Å². The molecule has 3 aliphatic heterocycles. The number of thiazole rings is 1. The SMILES string of the molecule is COc1ccc(C#Cc2ccc3c(c2)[C@]2(C(=O)N3)[C@H](C(=O)Nc3nc4ccccc4s3)[C@H]3C(=O)O[C@H](c4ccccc4)[C@H](c4ccccc4)N3[C@@H]2c2ccc(O)cc2)cc1. The largest absolute Gasteiger partial charge is 0.508 e. The molecular weight excluding hydrogens is 773 g/mol. The zero-order valence-electron chi connectivity index (χ0n) is 32.1. The first kappa shape index (κ1) is 37.0. The van der Waals surface area contributed by atoms with Crippen LogP contribution in [-0.4, -0.2) is 45.9 Å². The van der Waals surface area contributed by atoms with Crippen LogP contribution in [0, 0.1) is 17.8 Å². The molecule has 6 atom stereocenters. The zero-order chi connectivity index (χ0) is 41.0. The number of ether oxygens (including phenoxy) is 2. The normalized spacial score (nSPS) is 22.9. The molecule has 10 rings (SSSR count). The highest BCUT2D eigenvalue weighted by atomic mass is 32.1. The third kappa shape index (κ3) is 6.08. The van der Waals surface area contributed by atoms with Gasteiger partial charge in [-0.05, 0) is 89.0 Å². The van der Waals surface area contributed by atoms with Gasteiger partial charge in [0.1, 0.15) is 29.1 Å². The average molecular weight is 809 g/mol. The molecule has 10 nitrogen and oxygen atoms in total. The van der Waals surface area contributed by atoms with Crippen molar-refractivity contribution in [2.75, 3.05) is 17.7 Å². The van der Waals surface area contributed by atoms with Gasteiger partial charge in [-0.3, -0.25) is 19.3 Å². The number of phenolic OH excluding ortho intramolecular Hbond substituents is 1. The van der Waals surface area contributed by atoms with Crippen molar-refractivity contribution in [1.29, 1.82) is 0 Å². The van der Waals surface area contributed by atoms with Crippen LogP contribution < -0.4 is 15.4 Å². The number of fused-ring (bicyclic) bond motifs is 4. The third-order valence-corrected chi connectivity index (χ3v) is 12.7. The Balaban J connectivity index is 1.22. The molecule has 3 aliphatic rings. The summed E-state index contributed by atoms with van der Waals surface area (Å²) in [4.78, 5) is 52.6. The maximum Gasteiger partial charge on any atom is 0.324 e. The standard InChI is InChI=1S/C49H36N4O6S/c1-58-35-25-18-29(19-26-35)16-17-30-20-27-37-36(28-30)49(47(57)50-37)40(45(55)52-48-51-38-14-8-9-15-39(38)60-48)42-46(56)59-43(32-12-6-3-7-13-32)41(31-10-4-2-5-11-31)53(42)44(49)33-21-23-34(54)24-22-33/h2-15,18-28,40-44,54H,1H3,(H,50,57)(H,51,52,55)/t40-,41-,42-,43+,44+,49-/m0/s1. The van der Waals surface area contributed by atoms with Crippen molar-refractivity contribution in [3.63, 3.8) is 0 Å². The Morgan fingerprint density at radius 1 is 0.800 bits per heavy atom. The maximum atomic E-state index is 15.4. The Kier molecular flexibility index (Phi) is 9.16. The van der Waals surface area contributed by atoms with Gasteiger partial charge in [-0.1, -0.05) is 108 Å². The molecule has 2 saturated heterocycles. The summed E-state index contributed by atoms with van der Waals surface area (Å²) in [6.45, 7) is 0. The number of hydrogen-bond acceptors (Lipinski definition) is 9.